The van der Waals surface area contributed by atoms with Gasteiger partial charge in [-0.15, -0.1) is 4.80 Å². The molecule has 3 rings (SSSR count). The van der Waals surface area contributed by atoms with Crippen LogP contribution in [0.15, 0.2) is 36.8 Å². The van der Waals surface area contributed by atoms with Crippen molar-refractivity contribution in [3.8, 4) is 5.82 Å². The predicted molar refractivity (Wildman–Crippen MR) is 102 cm³/mol. The third-order valence-corrected chi connectivity index (χ3v) is 4.03. The SMILES string of the molecule is C[C@H](N)[C@@H](C)Nc1nc(Nc2ccnc(-n3nccn3)c2)c(C(N)=O)cc1F. The molecule has 6 N–H and O–H groups in total. The van der Waals surface area contributed by atoms with Gasteiger partial charge in [-0.25, -0.2) is 14.4 Å². The maximum Gasteiger partial charge on any atom is 0.252 e. The fourth-order valence-corrected chi connectivity index (χ4v) is 2.30. The van der Waals surface area contributed by atoms with Crippen molar-refractivity contribution in [2.24, 2.45) is 11.5 Å². The number of pyridine rings is 2. The minimum Gasteiger partial charge on any atom is -0.365 e. The van der Waals surface area contributed by atoms with E-state index in [1.165, 1.54) is 23.4 Å². The lowest BCUT2D eigenvalue weighted by Gasteiger charge is -2.20. The molecular weight excluding hydrogens is 365 g/mol. The summed E-state index contributed by atoms with van der Waals surface area (Å²) >= 11 is 0. The van der Waals surface area contributed by atoms with Crippen molar-refractivity contribution in [1.29, 1.82) is 0 Å². The lowest BCUT2D eigenvalue weighted by atomic mass is 10.2. The summed E-state index contributed by atoms with van der Waals surface area (Å²) in [7, 11) is 0. The van der Waals surface area contributed by atoms with Gasteiger partial charge in [0.15, 0.2) is 17.5 Å². The molecule has 3 aromatic rings. The van der Waals surface area contributed by atoms with E-state index in [9.17, 15) is 9.18 Å². The Morgan fingerprint density at radius 2 is 1.89 bits per heavy atom. The summed E-state index contributed by atoms with van der Waals surface area (Å²) in [6.07, 6.45) is 4.57. The molecule has 0 radical (unpaired) electrons. The van der Waals surface area contributed by atoms with E-state index in [1.54, 1.807) is 26.0 Å². The van der Waals surface area contributed by atoms with Crippen molar-refractivity contribution in [2.75, 3.05) is 10.6 Å². The van der Waals surface area contributed by atoms with Gasteiger partial charge in [0, 0.05) is 30.0 Å². The summed E-state index contributed by atoms with van der Waals surface area (Å²) in [5, 5.41) is 13.9. The minimum absolute atomic E-state index is 0.0414. The zero-order valence-electron chi connectivity index (χ0n) is 15.3. The highest BCUT2D eigenvalue weighted by Gasteiger charge is 2.18. The zero-order chi connectivity index (χ0) is 20.3. The fourth-order valence-electron chi connectivity index (χ4n) is 2.30. The Morgan fingerprint density at radius 1 is 1.18 bits per heavy atom. The maximum atomic E-state index is 14.4. The standard InChI is InChI=1S/C17H20FN9O/c1-9(19)10(2)24-17-13(18)8-12(15(20)28)16(26-17)25-11-3-4-21-14(7-11)27-22-5-6-23-27/h3-10H,19H2,1-2H3,(H2,20,28)(H2,21,24,25,26)/t9-,10+/m0/s1. The van der Waals surface area contributed by atoms with Gasteiger partial charge in [-0.05, 0) is 26.0 Å². The number of primary amides is 1. The normalized spacial score (nSPS) is 13.0. The highest BCUT2D eigenvalue weighted by Crippen LogP contribution is 2.24. The van der Waals surface area contributed by atoms with Crippen molar-refractivity contribution in [3.05, 3.63) is 48.2 Å². The van der Waals surface area contributed by atoms with Crippen LogP contribution in [0.25, 0.3) is 5.82 Å². The van der Waals surface area contributed by atoms with E-state index in [0.717, 1.165) is 6.07 Å². The van der Waals surface area contributed by atoms with Gasteiger partial charge in [0.1, 0.15) is 5.82 Å². The van der Waals surface area contributed by atoms with Gasteiger partial charge in [0.25, 0.3) is 5.91 Å². The molecule has 0 unspecified atom stereocenters. The average molecular weight is 385 g/mol. The van der Waals surface area contributed by atoms with Crippen molar-refractivity contribution in [1.82, 2.24) is 25.0 Å². The smallest absolute Gasteiger partial charge is 0.252 e. The molecule has 0 aliphatic heterocycles. The first-order chi connectivity index (χ1) is 13.3. The number of nitrogens with zero attached hydrogens (tertiary/aromatic N) is 5. The van der Waals surface area contributed by atoms with E-state index in [2.05, 4.69) is 30.8 Å². The van der Waals surface area contributed by atoms with Crippen LogP contribution in [0.4, 0.5) is 21.7 Å². The summed E-state index contributed by atoms with van der Waals surface area (Å²) < 4.78 is 14.4. The summed E-state index contributed by atoms with van der Waals surface area (Å²) in [6.45, 7) is 3.58. The largest absolute Gasteiger partial charge is 0.365 e. The molecule has 0 saturated heterocycles. The topological polar surface area (TPSA) is 150 Å². The Morgan fingerprint density at radius 3 is 2.54 bits per heavy atom. The summed E-state index contributed by atoms with van der Waals surface area (Å²) in [4.78, 5) is 21.4. The fraction of sp³-hybridized carbons (Fsp3) is 0.235. The first-order valence-electron chi connectivity index (χ1n) is 8.47. The number of nitrogens with one attached hydrogen (secondary N) is 2. The molecule has 0 aliphatic rings. The summed E-state index contributed by atoms with van der Waals surface area (Å²) in [5.74, 6) is -1.02. The van der Waals surface area contributed by atoms with E-state index in [0.29, 0.717) is 11.5 Å². The first-order valence-corrected chi connectivity index (χ1v) is 8.47. The van der Waals surface area contributed by atoms with Crippen LogP contribution in [0, 0.1) is 5.82 Å². The number of aromatic nitrogens is 5. The lowest BCUT2D eigenvalue weighted by Crippen LogP contribution is -2.35. The predicted octanol–water partition coefficient (Wildman–Crippen LogP) is 1.19. The monoisotopic (exact) mass is 385 g/mol. The molecule has 11 heteroatoms. The Balaban J connectivity index is 1.96. The molecule has 28 heavy (non-hydrogen) atoms. The van der Waals surface area contributed by atoms with E-state index in [1.807, 2.05) is 0 Å². The van der Waals surface area contributed by atoms with Crippen molar-refractivity contribution >= 4 is 23.2 Å². The molecule has 0 aromatic carbocycles. The maximum absolute atomic E-state index is 14.4. The van der Waals surface area contributed by atoms with Crippen LogP contribution in [-0.2, 0) is 0 Å². The number of carbonyl (C=O) groups is 1. The van der Waals surface area contributed by atoms with E-state index >= 15 is 0 Å². The number of halogens is 1. The molecule has 2 atom stereocenters. The molecule has 0 saturated carbocycles. The second-order valence-electron chi connectivity index (χ2n) is 6.22. The number of anilines is 3. The van der Waals surface area contributed by atoms with Gasteiger partial charge in [0.05, 0.1) is 18.0 Å². The molecule has 0 aliphatic carbocycles. The first kappa shape index (κ1) is 19.2. The van der Waals surface area contributed by atoms with Gasteiger partial charge in [0.2, 0.25) is 0 Å². The molecule has 0 spiro atoms. The second kappa shape index (κ2) is 7.96. The number of hydrogen-bond donors (Lipinski definition) is 4. The van der Waals surface area contributed by atoms with Crippen LogP contribution in [0.1, 0.15) is 24.2 Å². The molecule has 1 amide bonds. The van der Waals surface area contributed by atoms with Crippen LogP contribution in [0.3, 0.4) is 0 Å². The van der Waals surface area contributed by atoms with E-state index in [-0.39, 0.29) is 29.3 Å². The summed E-state index contributed by atoms with van der Waals surface area (Å²) in [5.41, 5.74) is 11.6. The molecule has 3 heterocycles. The van der Waals surface area contributed by atoms with Gasteiger partial charge in [-0.3, -0.25) is 4.79 Å². The van der Waals surface area contributed by atoms with E-state index < -0.39 is 11.7 Å². The average Bonchev–Trinajstić information content (AvgIpc) is 3.19. The number of rotatable bonds is 7. The van der Waals surface area contributed by atoms with Crippen molar-refractivity contribution < 1.29 is 9.18 Å². The summed E-state index contributed by atoms with van der Waals surface area (Å²) in [6, 6.07) is 3.85. The minimum atomic E-state index is -0.816. The zero-order valence-corrected chi connectivity index (χ0v) is 15.3. The molecule has 3 aromatic heterocycles. The highest BCUT2D eigenvalue weighted by atomic mass is 19.1. The quantitative estimate of drug-likeness (QED) is 0.474. The Kier molecular flexibility index (Phi) is 5.45. The molecule has 0 bridgehead atoms. The Bertz CT molecular complexity index is 975. The van der Waals surface area contributed by atoms with Crippen LogP contribution in [-0.4, -0.2) is 43.0 Å². The molecule has 0 fully saturated rings. The van der Waals surface area contributed by atoms with Crippen molar-refractivity contribution in [3.63, 3.8) is 0 Å². The number of hydrogen-bond acceptors (Lipinski definition) is 8. The molecular formula is C17H20FN9O. The highest BCUT2D eigenvalue weighted by molar-refractivity contribution is 5.98. The van der Waals surface area contributed by atoms with Gasteiger partial charge in [-0.2, -0.15) is 10.2 Å². The van der Waals surface area contributed by atoms with Crippen molar-refractivity contribution in [2.45, 2.75) is 25.9 Å². The number of carbonyl (C=O) groups excluding carboxylic acids is 1. The van der Waals surface area contributed by atoms with E-state index in [4.69, 9.17) is 11.5 Å². The van der Waals surface area contributed by atoms with Crippen LogP contribution >= 0.6 is 0 Å². The second-order valence-corrected chi connectivity index (χ2v) is 6.22. The van der Waals surface area contributed by atoms with Crippen LogP contribution in [0.2, 0.25) is 0 Å². The van der Waals surface area contributed by atoms with Gasteiger partial charge >= 0.3 is 0 Å². The Labute approximate surface area is 160 Å². The number of amides is 1. The van der Waals surface area contributed by atoms with Gasteiger partial charge in [-0.1, -0.05) is 0 Å². The van der Waals surface area contributed by atoms with Gasteiger partial charge < -0.3 is 22.1 Å². The number of nitrogens with two attached hydrogens (primary N) is 2. The lowest BCUT2D eigenvalue weighted by molar-refractivity contribution is 0.100. The molecule has 10 nitrogen and oxygen atoms in total. The van der Waals surface area contributed by atoms with Crippen LogP contribution in [0.5, 0.6) is 0 Å². The third-order valence-electron chi connectivity index (χ3n) is 4.03. The molecule has 146 valence electrons. The Hall–Kier alpha value is -3.60. The van der Waals surface area contributed by atoms with Crippen LogP contribution < -0.4 is 22.1 Å². The third kappa shape index (κ3) is 4.20.